The van der Waals surface area contributed by atoms with E-state index in [1.807, 2.05) is 13.1 Å². The summed E-state index contributed by atoms with van der Waals surface area (Å²) in [4.78, 5) is 2.41. The second-order valence-electron chi connectivity index (χ2n) is 5.84. The lowest BCUT2D eigenvalue weighted by atomic mass is 9.93. The van der Waals surface area contributed by atoms with Crippen LogP contribution in [0.5, 0.6) is 0 Å². The number of benzene rings is 1. The van der Waals surface area contributed by atoms with Gasteiger partial charge in [-0.1, -0.05) is 19.1 Å². The molecule has 1 fully saturated rings. The summed E-state index contributed by atoms with van der Waals surface area (Å²) >= 11 is 0. The number of halogens is 1. The van der Waals surface area contributed by atoms with E-state index in [2.05, 4.69) is 23.2 Å². The minimum atomic E-state index is -0.0401. The van der Waals surface area contributed by atoms with Crippen LogP contribution in [0.3, 0.4) is 0 Å². The van der Waals surface area contributed by atoms with Gasteiger partial charge in [0, 0.05) is 12.1 Å². The average molecular weight is 278 g/mol. The van der Waals surface area contributed by atoms with Crippen LogP contribution in [0.1, 0.15) is 37.3 Å². The minimum absolute atomic E-state index is 0.0401. The van der Waals surface area contributed by atoms with Crippen LogP contribution in [0.2, 0.25) is 0 Å². The predicted molar refractivity (Wildman–Crippen MR) is 82.3 cm³/mol. The first-order valence-electron chi connectivity index (χ1n) is 7.87. The molecule has 0 radical (unpaired) electrons. The second-order valence-corrected chi connectivity index (χ2v) is 5.84. The Kier molecular flexibility index (Phi) is 5.99. The molecule has 1 aliphatic heterocycles. The van der Waals surface area contributed by atoms with Crippen molar-refractivity contribution in [1.82, 2.24) is 10.2 Å². The van der Waals surface area contributed by atoms with Crippen LogP contribution in [-0.4, -0.2) is 31.6 Å². The molecule has 1 N–H and O–H groups in total. The molecular weight excluding hydrogens is 251 g/mol. The molecule has 0 amide bonds. The number of likely N-dealkylation sites (tertiary alicyclic amines) is 1. The number of hydrogen-bond acceptors (Lipinski definition) is 2. The smallest absolute Gasteiger partial charge is 0.127 e. The lowest BCUT2D eigenvalue weighted by Crippen LogP contribution is -2.34. The molecule has 0 saturated carbocycles. The summed E-state index contributed by atoms with van der Waals surface area (Å²) in [6.07, 6.45) is 4.67. The van der Waals surface area contributed by atoms with Crippen LogP contribution in [-0.2, 0) is 13.0 Å². The van der Waals surface area contributed by atoms with Crippen LogP contribution < -0.4 is 5.32 Å². The Hall–Kier alpha value is -0.930. The molecule has 0 unspecified atom stereocenters. The molecule has 2 nitrogen and oxygen atoms in total. The SMILES string of the molecule is CCc1cccc(F)c1CN1CCC(CCNC)CC1. The van der Waals surface area contributed by atoms with E-state index in [1.54, 1.807) is 6.07 Å². The highest BCUT2D eigenvalue weighted by Gasteiger charge is 2.20. The summed E-state index contributed by atoms with van der Waals surface area (Å²) < 4.78 is 14.0. The number of rotatable bonds is 6. The largest absolute Gasteiger partial charge is 0.320 e. The monoisotopic (exact) mass is 278 g/mol. The van der Waals surface area contributed by atoms with Gasteiger partial charge in [-0.15, -0.1) is 0 Å². The van der Waals surface area contributed by atoms with Crippen molar-refractivity contribution in [3.05, 3.63) is 35.1 Å². The number of aryl methyl sites for hydroxylation is 1. The van der Waals surface area contributed by atoms with Gasteiger partial charge in [0.15, 0.2) is 0 Å². The van der Waals surface area contributed by atoms with E-state index in [4.69, 9.17) is 0 Å². The third-order valence-electron chi connectivity index (χ3n) is 4.49. The molecule has 0 aliphatic carbocycles. The van der Waals surface area contributed by atoms with Gasteiger partial charge in [-0.05, 0) is 69.9 Å². The van der Waals surface area contributed by atoms with Crippen molar-refractivity contribution in [2.45, 2.75) is 39.2 Å². The molecule has 0 aromatic heterocycles. The van der Waals surface area contributed by atoms with E-state index in [0.29, 0.717) is 0 Å². The summed E-state index contributed by atoms with van der Waals surface area (Å²) in [5.74, 6) is 0.798. The maximum absolute atomic E-state index is 14.0. The molecular formula is C17H27FN2. The fourth-order valence-electron chi connectivity index (χ4n) is 3.12. The maximum atomic E-state index is 14.0. The highest BCUT2D eigenvalue weighted by Crippen LogP contribution is 2.23. The van der Waals surface area contributed by atoms with Crippen molar-refractivity contribution in [2.24, 2.45) is 5.92 Å². The Balaban J connectivity index is 1.89. The molecule has 0 bridgehead atoms. The molecule has 1 aliphatic rings. The average Bonchev–Trinajstić information content (AvgIpc) is 2.48. The van der Waals surface area contributed by atoms with Crippen LogP contribution >= 0.6 is 0 Å². The van der Waals surface area contributed by atoms with Gasteiger partial charge in [-0.2, -0.15) is 0 Å². The van der Waals surface area contributed by atoms with Crippen LogP contribution in [0.25, 0.3) is 0 Å². The summed E-state index contributed by atoms with van der Waals surface area (Å²) in [5, 5.41) is 3.23. The van der Waals surface area contributed by atoms with Gasteiger partial charge in [0.1, 0.15) is 5.82 Å². The minimum Gasteiger partial charge on any atom is -0.320 e. The Morgan fingerprint density at radius 1 is 1.30 bits per heavy atom. The van der Waals surface area contributed by atoms with Crippen molar-refractivity contribution in [2.75, 3.05) is 26.7 Å². The Labute approximate surface area is 122 Å². The van der Waals surface area contributed by atoms with Gasteiger partial charge in [-0.3, -0.25) is 4.90 Å². The number of nitrogens with zero attached hydrogens (tertiary/aromatic N) is 1. The van der Waals surface area contributed by atoms with E-state index in [1.165, 1.54) is 19.3 Å². The molecule has 1 saturated heterocycles. The Bertz CT molecular complexity index is 411. The normalized spacial score (nSPS) is 17.6. The van der Waals surface area contributed by atoms with Crippen molar-refractivity contribution in [3.8, 4) is 0 Å². The zero-order valence-corrected chi connectivity index (χ0v) is 12.8. The highest BCUT2D eigenvalue weighted by atomic mass is 19.1. The summed E-state index contributed by atoms with van der Waals surface area (Å²) in [5.41, 5.74) is 2.06. The second kappa shape index (κ2) is 7.75. The van der Waals surface area contributed by atoms with Crippen molar-refractivity contribution in [3.63, 3.8) is 0 Å². The predicted octanol–water partition coefficient (Wildman–Crippen LogP) is 3.21. The summed E-state index contributed by atoms with van der Waals surface area (Å²) in [7, 11) is 2.01. The molecule has 0 atom stereocenters. The lowest BCUT2D eigenvalue weighted by Gasteiger charge is -2.32. The van der Waals surface area contributed by atoms with Crippen LogP contribution in [0.15, 0.2) is 18.2 Å². The van der Waals surface area contributed by atoms with E-state index in [9.17, 15) is 4.39 Å². The molecule has 1 aromatic carbocycles. The summed E-state index contributed by atoms with van der Waals surface area (Å²) in [6, 6.07) is 5.47. The quantitative estimate of drug-likeness (QED) is 0.859. The van der Waals surface area contributed by atoms with Gasteiger partial charge in [-0.25, -0.2) is 4.39 Å². The first-order valence-corrected chi connectivity index (χ1v) is 7.87. The van der Waals surface area contributed by atoms with E-state index in [0.717, 1.165) is 49.6 Å². The number of hydrogen-bond donors (Lipinski definition) is 1. The first kappa shape index (κ1) is 15.5. The molecule has 0 spiro atoms. The zero-order valence-electron chi connectivity index (χ0n) is 12.8. The molecule has 3 heteroatoms. The van der Waals surface area contributed by atoms with Crippen LogP contribution in [0, 0.1) is 11.7 Å². The standard InChI is InChI=1S/C17H27FN2/c1-3-15-5-4-6-17(18)16(15)13-20-11-8-14(9-12-20)7-10-19-2/h4-6,14,19H,3,7-13H2,1-2H3. The summed E-state index contributed by atoms with van der Waals surface area (Å²) in [6.45, 7) is 6.19. The van der Waals surface area contributed by atoms with Gasteiger partial charge < -0.3 is 5.32 Å². The van der Waals surface area contributed by atoms with Gasteiger partial charge >= 0.3 is 0 Å². The van der Waals surface area contributed by atoms with Crippen molar-refractivity contribution >= 4 is 0 Å². The maximum Gasteiger partial charge on any atom is 0.127 e. The molecule has 1 aromatic rings. The highest BCUT2D eigenvalue weighted by molar-refractivity contribution is 5.28. The zero-order chi connectivity index (χ0) is 14.4. The van der Waals surface area contributed by atoms with Gasteiger partial charge in [0.2, 0.25) is 0 Å². The lowest BCUT2D eigenvalue weighted by molar-refractivity contribution is 0.170. The third kappa shape index (κ3) is 4.03. The fourth-order valence-corrected chi connectivity index (χ4v) is 3.12. The van der Waals surface area contributed by atoms with Crippen molar-refractivity contribution < 1.29 is 4.39 Å². The fraction of sp³-hybridized carbons (Fsp3) is 0.647. The molecule has 2 rings (SSSR count). The van der Waals surface area contributed by atoms with Gasteiger partial charge in [0.05, 0.1) is 0 Å². The Morgan fingerprint density at radius 3 is 2.70 bits per heavy atom. The molecule has 20 heavy (non-hydrogen) atoms. The van der Waals surface area contributed by atoms with E-state index >= 15 is 0 Å². The topological polar surface area (TPSA) is 15.3 Å². The number of piperidine rings is 1. The van der Waals surface area contributed by atoms with Crippen molar-refractivity contribution in [1.29, 1.82) is 0 Å². The van der Waals surface area contributed by atoms with E-state index in [-0.39, 0.29) is 5.82 Å². The molecule has 1 heterocycles. The first-order chi connectivity index (χ1) is 9.74. The van der Waals surface area contributed by atoms with Crippen LogP contribution in [0.4, 0.5) is 4.39 Å². The van der Waals surface area contributed by atoms with Gasteiger partial charge in [0.25, 0.3) is 0 Å². The van der Waals surface area contributed by atoms with E-state index < -0.39 is 0 Å². The molecule has 112 valence electrons. The Morgan fingerprint density at radius 2 is 2.05 bits per heavy atom. The number of nitrogens with one attached hydrogen (secondary N) is 1. The third-order valence-corrected chi connectivity index (χ3v) is 4.49.